The van der Waals surface area contributed by atoms with Gasteiger partial charge in [0.2, 0.25) is 5.78 Å². The fourth-order valence-corrected chi connectivity index (χ4v) is 1.58. The normalized spacial score (nSPS) is 25.3. The van der Waals surface area contributed by atoms with Crippen molar-refractivity contribution in [1.29, 1.82) is 0 Å². The van der Waals surface area contributed by atoms with Gasteiger partial charge >= 0.3 is 0 Å². The topological polar surface area (TPSA) is 37.3 Å². The number of carbonyl (C=O) groups is 1. The zero-order valence-electron chi connectivity index (χ0n) is 5.44. The molecule has 0 aromatic heterocycles. The minimum atomic E-state index is -0.932. The Morgan fingerprint density at radius 2 is 1.67 bits per heavy atom. The minimum Gasteiger partial charge on any atom is -0.503 e. The highest BCUT2D eigenvalue weighted by molar-refractivity contribution is 6.56. The molecule has 1 aliphatic carbocycles. The minimum absolute atomic E-state index is 0.0638. The van der Waals surface area contributed by atoms with E-state index in [4.69, 9.17) is 51.5 Å². The van der Waals surface area contributed by atoms with E-state index in [0.29, 0.717) is 0 Å². The molecule has 1 rings (SSSR count). The van der Waals surface area contributed by atoms with Crippen LogP contribution in [0, 0.1) is 0 Å². The van der Waals surface area contributed by atoms with E-state index in [9.17, 15) is 4.79 Å². The molecule has 1 N–H and O–H groups in total. The van der Waals surface area contributed by atoms with Crippen LogP contribution >= 0.6 is 46.4 Å². The summed E-state index contributed by atoms with van der Waals surface area (Å²) in [6.07, 6.45) is 0. The molecule has 1 aliphatic rings. The van der Waals surface area contributed by atoms with E-state index in [2.05, 4.69) is 0 Å². The lowest BCUT2D eigenvalue weighted by Gasteiger charge is -2.15. The number of hydrogen-bond donors (Lipinski definition) is 1. The van der Waals surface area contributed by atoms with E-state index in [1.54, 1.807) is 0 Å². The maximum absolute atomic E-state index is 11.0. The van der Waals surface area contributed by atoms with E-state index in [-0.39, 0.29) is 15.1 Å². The lowest BCUT2D eigenvalue weighted by atomic mass is 10.1. The van der Waals surface area contributed by atoms with Gasteiger partial charge in [0, 0.05) is 0 Å². The van der Waals surface area contributed by atoms with Crippen molar-refractivity contribution >= 4 is 52.2 Å². The van der Waals surface area contributed by atoms with Crippen LogP contribution in [-0.4, -0.2) is 16.3 Å². The molecule has 0 aromatic rings. The molecular weight excluding hydrogens is 246 g/mol. The summed E-state index contributed by atoms with van der Waals surface area (Å²) in [7, 11) is 0. The van der Waals surface area contributed by atoms with Gasteiger partial charge in [0.05, 0.1) is 10.1 Å². The monoisotopic (exact) mass is 246 g/mol. The summed E-state index contributed by atoms with van der Waals surface area (Å²) in [4.78, 5) is 11.0. The Morgan fingerprint density at radius 1 is 1.17 bits per heavy atom. The Balaban J connectivity index is 3.22. The summed E-state index contributed by atoms with van der Waals surface area (Å²) in [6, 6.07) is 0. The molecule has 66 valence electrons. The predicted octanol–water partition coefficient (Wildman–Crippen LogP) is 2.87. The Morgan fingerprint density at radius 3 is 2.17 bits per heavy atom. The Labute approximate surface area is 88.3 Å². The molecule has 2 nitrogen and oxygen atoms in total. The second-order valence-electron chi connectivity index (χ2n) is 2.05. The molecule has 0 bridgehead atoms. The number of rotatable bonds is 0. The molecule has 6 heteroatoms. The number of aliphatic hydroxyl groups excluding tert-OH is 1. The number of alkyl halides is 1. The van der Waals surface area contributed by atoms with Gasteiger partial charge in [-0.25, -0.2) is 0 Å². The summed E-state index contributed by atoms with van der Waals surface area (Å²) in [5.41, 5.74) is 0. The fourth-order valence-electron chi connectivity index (χ4n) is 0.663. The van der Waals surface area contributed by atoms with Crippen LogP contribution in [0.15, 0.2) is 20.9 Å². The van der Waals surface area contributed by atoms with Crippen LogP contribution in [0.2, 0.25) is 0 Å². The van der Waals surface area contributed by atoms with E-state index in [1.165, 1.54) is 0 Å². The number of Topliss-reactive ketones (excluding diaryl/α,β-unsaturated/α-hetero) is 1. The summed E-state index contributed by atoms with van der Waals surface area (Å²) in [5, 5.41) is 7.55. The second kappa shape index (κ2) is 3.46. The number of carbonyl (C=O) groups excluding carboxylic acids is 1. The van der Waals surface area contributed by atoms with Crippen molar-refractivity contribution in [1.82, 2.24) is 0 Å². The maximum Gasteiger partial charge on any atom is 0.241 e. The van der Waals surface area contributed by atoms with Gasteiger partial charge in [-0.3, -0.25) is 4.79 Å². The smallest absolute Gasteiger partial charge is 0.241 e. The molecule has 1 unspecified atom stereocenters. The quantitative estimate of drug-likeness (QED) is 0.669. The zero-order chi connectivity index (χ0) is 9.46. The molecule has 12 heavy (non-hydrogen) atoms. The maximum atomic E-state index is 11.0. The van der Waals surface area contributed by atoms with E-state index in [1.807, 2.05) is 0 Å². The first kappa shape index (κ1) is 10.2. The summed E-state index contributed by atoms with van der Waals surface area (Å²) >= 11 is 22.0. The van der Waals surface area contributed by atoms with Crippen molar-refractivity contribution in [2.24, 2.45) is 0 Å². The van der Waals surface area contributed by atoms with Crippen molar-refractivity contribution in [2.75, 3.05) is 0 Å². The van der Waals surface area contributed by atoms with Crippen LogP contribution in [0.25, 0.3) is 0 Å². The Kier molecular flexibility index (Phi) is 2.94. The lowest BCUT2D eigenvalue weighted by molar-refractivity contribution is -0.114. The van der Waals surface area contributed by atoms with Gasteiger partial charge in [0.1, 0.15) is 10.4 Å². The average Bonchev–Trinajstić information content (AvgIpc) is 2.08. The van der Waals surface area contributed by atoms with Gasteiger partial charge < -0.3 is 5.11 Å². The van der Waals surface area contributed by atoms with Crippen LogP contribution in [-0.2, 0) is 4.79 Å². The molecule has 0 amide bonds. The van der Waals surface area contributed by atoms with Gasteiger partial charge in [-0.1, -0.05) is 34.8 Å². The van der Waals surface area contributed by atoms with Crippen LogP contribution in [0.3, 0.4) is 0 Å². The van der Waals surface area contributed by atoms with E-state index >= 15 is 0 Å². The van der Waals surface area contributed by atoms with Crippen molar-refractivity contribution in [3.63, 3.8) is 0 Å². The highest BCUT2D eigenvalue weighted by Crippen LogP contribution is 2.36. The highest BCUT2D eigenvalue weighted by atomic mass is 35.5. The van der Waals surface area contributed by atoms with Crippen molar-refractivity contribution in [3.8, 4) is 0 Å². The Hall–Kier alpha value is 0.110. The molecule has 0 fully saturated rings. The van der Waals surface area contributed by atoms with Gasteiger partial charge in [-0.15, -0.1) is 11.6 Å². The number of halogens is 4. The van der Waals surface area contributed by atoms with Crippen LogP contribution in [0.1, 0.15) is 0 Å². The van der Waals surface area contributed by atoms with Gasteiger partial charge in [0.15, 0.2) is 5.76 Å². The second-order valence-corrected chi connectivity index (χ2v) is 3.68. The number of hydrogen-bond acceptors (Lipinski definition) is 2. The third-order valence-electron chi connectivity index (χ3n) is 1.30. The number of aliphatic hydroxyl groups is 1. The first-order valence-electron chi connectivity index (χ1n) is 2.79. The molecule has 1 atom stereocenters. The first-order chi connectivity index (χ1) is 5.46. The third kappa shape index (κ3) is 1.44. The highest BCUT2D eigenvalue weighted by Gasteiger charge is 2.32. The van der Waals surface area contributed by atoms with Crippen molar-refractivity contribution in [2.45, 2.75) is 5.38 Å². The molecule has 0 aliphatic heterocycles. The molecule has 0 radical (unpaired) electrons. The SMILES string of the molecule is O=C1C(O)=C(Cl)C(Cl)C(Cl)=C1Cl. The van der Waals surface area contributed by atoms with Crippen molar-refractivity contribution in [3.05, 3.63) is 20.9 Å². The lowest BCUT2D eigenvalue weighted by Crippen LogP contribution is -2.17. The Bertz CT molecular complexity index is 277. The first-order valence-corrected chi connectivity index (χ1v) is 4.36. The number of allylic oxidation sites excluding steroid dienone is 3. The summed E-state index contributed by atoms with van der Waals surface area (Å²) in [5.74, 6) is -1.45. The largest absolute Gasteiger partial charge is 0.503 e. The van der Waals surface area contributed by atoms with Crippen molar-refractivity contribution < 1.29 is 9.90 Å². The van der Waals surface area contributed by atoms with E-state index in [0.717, 1.165) is 0 Å². The van der Waals surface area contributed by atoms with E-state index < -0.39 is 16.9 Å². The molecule has 0 spiro atoms. The third-order valence-corrected chi connectivity index (χ3v) is 3.23. The molecule has 0 saturated heterocycles. The molecule has 0 heterocycles. The molecule has 0 aromatic carbocycles. The molecular formula is C6H2Cl4O2. The summed E-state index contributed by atoms with van der Waals surface area (Å²) < 4.78 is 0. The van der Waals surface area contributed by atoms with Gasteiger partial charge in [0.25, 0.3) is 0 Å². The fraction of sp³-hybridized carbons (Fsp3) is 0.167. The van der Waals surface area contributed by atoms with Crippen LogP contribution in [0.5, 0.6) is 0 Å². The number of ketones is 1. The van der Waals surface area contributed by atoms with Crippen LogP contribution < -0.4 is 0 Å². The standard InChI is InChI=1S/C6H2Cl4O2/c7-1-2(8)4(10)6(12)5(11)3(1)9/h1,11H. The van der Waals surface area contributed by atoms with Gasteiger partial charge in [-0.05, 0) is 0 Å². The average molecular weight is 248 g/mol. The molecule has 0 saturated carbocycles. The predicted molar refractivity (Wildman–Crippen MR) is 48.9 cm³/mol. The summed E-state index contributed by atoms with van der Waals surface area (Å²) in [6.45, 7) is 0. The zero-order valence-corrected chi connectivity index (χ0v) is 8.47. The van der Waals surface area contributed by atoms with Crippen LogP contribution in [0.4, 0.5) is 0 Å². The van der Waals surface area contributed by atoms with Gasteiger partial charge in [-0.2, -0.15) is 0 Å².